The monoisotopic (exact) mass is 310 g/mol. The predicted molar refractivity (Wildman–Crippen MR) is 86.7 cm³/mol. The van der Waals surface area contributed by atoms with Crippen molar-refractivity contribution < 1.29 is 9.59 Å². The minimum atomic E-state index is 0.0110. The Morgan fingerprint density at radius 2 is 1.64 bits per heavy atom. The Kier molecular flexibility index (Phi) is 6.96. The van der Waals surface area contributed by atoms with Gasteiger partial charge in [0.1, 0.15) is 0 Å². The lowest BCUT2D eigenvalue weighted by Gasteiger charge is -2.32. The van der Waals surface area contributed by atoms with Crippen molar-refractivity contribution in [1.82, 2.24) is 20.4 Å². The number of carbonyl (C=O) groups excluding carboxylic acids is 2. The molecule has 2 rings (SSSR count). The average Bonchev–Trinajstić information content (AvgIpc) is 2.77. The average molecular weight is 310 g/mol. The molecule has 0 aromatic heterocycles. The van der Waals surface area contributed by atoms with Crippen LogP contribution in [0.1, 0.15) is 45.4 Å². The highest BCUT2D eigenvalue weighted by molar-refractivity contribution is 5.78. The number of nitrogens with one attached hydrogen (secondary N) is 2. The largest absolute Gasteiger partial charge is 0.352 e. The van der Waals surface area contributed by atoms with E-state index in [0.29, 0.717) is 13.1 Å². The maximum Gasteiger partial charge on any atom is 0.317 e. The third-order valence-corrected chi connectivity index (χ3v) is 4.54. The standard InChI is InChI=1S/C16H30N4O2/c1-2-17-16(22)20-11-7-14(8-12-20)18-15(21)13-19-9-5-3-4-6-10-19/h14H,2-13H2,1H3,(H,17,22)(H,18,21). The van der Waals surface area contributed by atoms with E-state index >= 15 is 0 Å². The number of urea groups is 1. The Morgan fingerprint density at radius 1 is 1.00 bits per heavy atom. The predicted octanol–water partition coefficient (Wildman–Crippen LogP) is 1.17. The number of amides is 3. The molecule has 0 unspecified atom stereocenters. The first-order chi connectivity index (χ1) is 10.7. The lowest BCUT2D eigenvalue weighted by Crippen LogP contribution is -2.50. The Labute approximate surface area is 133 Å². The van der Waals surface area contributed by atoms with Gasteiger partial charge in [-0.2, -0.15) is 0 Å². The van der Waals surface area contributed by atoms with E-state index in [1.165, 1.54) is 25.7 Å². The molecule has 0 bridgehead atoms. The topological polar surface area (TPSA) is 64.7 Å². The minimum absolute atomic E-state index is 0.0110. The summed E-state index contributed by atoms with van der Waals surface area (Å²) in [5.74, 6) is 0.137. The molecule has 2 fully saturated rings. The molecule has 3 amide bonds. The van der Waals surface area contributed by atoms with Crippen molar-refractivity contribution in [3.8, 4) is 0 Å². The van der Waals surface area contributed by atoms with Crippen LogP contribution in [0.5, 0.6) is 0 Å². The zero-order chi connectivity index (χ0) is 15.8. The highest BCUT2D eigenvalue weighted by atomic mass is 16.2. The van der Waals surface area contributed by atoms with E-state index in [0.717, 1.165) is 39.0 Å². The molecule has 6 nitrogen and oxygen atoms in total. The molecule has 0 aromatic carbocycles. The van der Waals surface area contributed by atoms with E-state index in [9.17, 15) is 9.59 Å². The second kappa shape index (κ2) is 8.98. The first-order valence-electron chi connectivity index (χ1n) is 8.73. The van der Waals surface area contributed by atoms with Gasteiger partial charge in [0.05, 0.1) is 6.54 Å². The van der Waals surface area contributed by atoms with Crippen LogP contribution in [0.3, 0.4) is 0 Å². The van der Waals surface area contributed by atoms with E-state index in [2.05, 4.69) is 15.5 Å². The molecular formula is C16H30N4O2. The van der Waals surface area contributed by atoms with E-state index < -0.39 is 0 Å². The van der Waals surface area contributed by atoms with Crippen LogP contribution in [-0.4, -0.2) is 67.0 Å². The molecule has 0 aromatic rings. The van der Waals surface area contributed by atoms with Crippen LogP contribution in [-0.2, 0) is 4.79 Å². The number of carbonyl (C=O) groups is 2. The van der Waals surface area contributed by atoms with Gasteiger partial charge >= 0.3 is 6.03 Å². The fourth-order valence-electron chi connectivity index (χ4n) is 3.26. The molecule has 2 aliphatic rings. The SMILES string of the molecule is CCNC(=O)N1CCC(NC(=O)CN2CCCCCC2)CC1. The fraction of sp³-hybridized carbons (Fsp3) is 0.875. The smallest absolute Gasteiger partial charge is 0.317 e. The molecule has 2 aliphatic heterocycles. The van der Waals surface area contributed by atoms with Crippen LogP contribution in [0.25, 0.3) is 0 Å². The van der Waals surface area contributed by atoms with E-state index in [1.54, 1.807) is 0 Å². The van der Waals surface area contributed by atoms with Gasteiger partial charge in [-0.1, -0.05) is 12.8 Å². The van der Waals surface area contributed by atoms with Crippen LogP contribution in [0.4, 0.5) is 4.79 Å². The van der Waals surface area contributed by atoms with Gasteiger partial charge in [0, 0.05) is 25.7 Å². The number of likely N-dealkylation sites (tertiary alicyclic amines) is 2. The fourth-order valence-corrected chi connectivity index (χ4v) is 3.26. The summed E-state index contributed by atoms with van der Waals surface area (Å²) in [5.41, 5.74) is 0. The summed E-state index contributed by atoms with van der Waals surface area (Å²) >= 11 is 0. The van der Waals surface area contributed by atoms with Crippen LogP contribution < -0.4 is 10.6 Å². The zero-order valence-electron chi connectivity index (χ0n) is 13.8. The number of piperidine rings is 1. The van der Waals surface area contributed by atoms with Crippen molar-refractivity contribution in [2.24, 2.45) is 0 Å². The third kappa shape index (κ3) is 5.48. The second-order valence-electron chi connectivity index (χ2n) is 6.35. The van der Waals surface area contributed by atoms with Gasteiger partial charge in [-0.25, -0.2) is 4.79 Å². The van der Waals surface area contributed by atoms with Gasteiger partial charge in [-0.15, -0.1) is 0 Å². The van der Waals surface area contributed by atoms with Crippen LogP contribution in [0.2, 0.25) is 0 Å². The number of rotatable bonds is 4. The molecule has 126 valence electrons. The first kappa shape index (κ1) is 17.1. The Morgan fingerprint density at radius 3 is 2.23 bits per heavy atom. The van der Waals surface area contributed by atoms with Gasteiger partial charge in [0.25, 0.3) is 0 Å². The van der Waals surface area contributed by atoms with E-state index in [-0.39, 0.29) is 18.0 Å². The molecule has 0 saturated carbocycles. The molecule has 0 radical (unpaired) electrons. The van der Waals surface area contributed by atoms with Crippen LogP contribution in [0.15, 0.2) is 0 Å². The Hall–Kier alpha value is -1.30. The van der Waals surface area contributed by atoms with Crippen LogP contribution in [0, 0.1) is 0 Å². The zero-order valence-corrected chi connectivity index (χ0v) is 13.8. The quantitative estimate of drug-likeness (QED) is 0.819. The van der Waals surface area contributed by atoms with Crippen molar-refractivity contribution in [2.75, 3.05) is 39.3 Å². The maximum absolute atomic E-state index is 12.2. The van der Waals surface area contributed by atoms with Crippen molar-refractivity contribution >= 4 is 11.9 Å². The van der Waals surface area contributed by atoms with Crippen molar-refractivity contribution in [3.63, 3.8) is 0 Å². The molecule has 2 heterocycles. The normalized spacial score (nSPS) is 21.2. The van der Waals surface area contributed by atoms with E-state index in [1.807, 2.05) is 11.8 Å². The van der Waals surface area contributed by atoms with Crippen molar-refractivity contribution in [2.45, 2.75) is 51.5 Å². The number of hydrogen-bond acceptors (Lipinski definition) is 3. The number of nitrogens with zero attached hydrogens (tertiary/aromatic N) is 2. The summed E-state index contributed by atoms with van der Waals surface area (Å²) in [6.07, 6.45) is 6.69. The highest BCUT2D eigenvalue weighted by Crippen LogP contribution is 2.11. The molecule has 2 saturated heterocycles. The van der Waals surface area contributed by atoms with Gasteiger partial charge < -0.3 is 15.5 Å². The van der Waals surface area contributed by atoms with Crippen molar-refractivity contribution in [1.29, 1.82) is 0 Å². The van der Waals surface area contributed by atoms with Gasteiger partial charge in [0.2, 0.25) is 5.91 Å². The van der Waals surface area contributed by atoms with E-state index in [4.69, 9.17) is 0 Å². The lowest BCUT2D eigenvalue weighted by molar-refractivity contribution is -0.123. The minimum Gasteiger partial charge on any atom is -0.352 e. The summed E-state index contributed by atoms with van der Waals surface area (Å²) in [5, 5.41) is 5.96. The van der Waals surface area contributed by atoms with Gasteiger partial charge in [0.15, 0.2) is 0 Å². The Balaban J connectivity index is 1.66. The third-order valence-electron chi connectivity index (χ3n) is 4.54. The first-order valence-corrected chi connectivity index (χ1v) is 8.73. The molecule has 2 N–H and O–H groups in total. The molecule has 6 heteroatoms. The molecule has 22 heavy (non-hydrogen) atoms. The summed E-state index contributed by atoms with van der Waals surface area (Å²) in [6, 6.07) is 0.224. The summed E-state index contributed by atoms with van der Waals surface area (Å²) in [7, 11) is 0. The molecular weight excluding hydrogens is 280 g/mol. The van der Waals surface area contributed by atoms with Crippen LogP contribution >= 0.6 is 0 Å². The van der Waals surface area contributed by atoms with Gasteiger partial charge in [-0.3, -0.25) is 9.69 Å². The Bertz CT molecular complexity index is 359. The molecule has 0 atom stereocenters. The van der Waals surface area contributed by atoms with Crippen molar-refractivity contribution in [3.05, 3.63) is 0 Å². The maximum atomic E-state index is 12.2. The summed E-state index contributed by atoms with van der Waals surface area (Å²) in [4.78, 5) is 28.0. The number of hydrogen-bond donors (Lipinski definition) is 2. The summed E-state index contributed by atoms with van der Waals surface area (Å²) < 4.78 is 0. The molecule has 0 aliphatic carbocycles. The summed E-state index contributed by atoms with van der Waals surface area (Å²) in [6.45, 7) is 6.64. The molecule has 0 spiro atoms. The highest BCUT2D eigenvalue weighted by Gasteiger charge is 2.24. The lowest BCUT2D eigenvalue weighted by atomic mass is 10.1. The second-order valence-corrected chi connectivity index (χ2v) is 6.35. The van der Waals surface area contributed by atoms with Gasteiger partial charge in [-0.05, 0) is 45.7 Å².